The van der Waals surface area contributed by atoms with Gasteiger partial charge in [-0.1, -0.05) is 0 Å². The summed E-state index contributed by atoms with van der Waals surface area (Å²) in [5.74, 6) is 0.149. The Bertz CT molecular complexity index is 813. The molecule has 8 heteroatoms. The van der Waals surface area contributed by atoms with Crippen LogP contribution in [0.15, 0.2) is 23.4 Å². The maximum Gasteiger partial charge on any atom is 0.250 e. The second-order valence-corrected chi connectivity index (χ2v) is 6.69. The van der Waals surface area contributed by atoms with Crippen LogP contribution in [-0.4, -0.2) is 56.4 Å². The fourth-order valence-corrected chi connectivity index (χ4v) is 3.27. The lowest BCUT2D eigenvalue weighted by Crippen LogP contribution is -2.45. The van der Waals surface area contributed by atoms with E-state index in [1.807, 2.05) is 25.1 Å². The Morgan fingerprint density at radius 3 is 3.00 bits per heavy atom. The maximum atomic E-state index is 12.5. The van der Waals surface area contributed by atoms with Crippen molar-refractivity contribution < 1.29 is 9.53 Å². The minimum absolute atomic E-state index is 0.0195. The van der Waals surface area contributed by atoms with E-state index < -0.39 is 0 Å². The molecule has 0 aliphatic carbocycles. The number of morpholine rings is 1. The number of aromatic amines is 1. The first-order chi connectivity index (χ1) is 12.5. The number of amides is 1. The summed E-state index contributed by atoms with van der Waals surface area (Å²) in [6.45, 7) is 3.73. The maximum absolute atomic E-state index is 12.5. The van der Waals surface area contributed by atoms with Gasteiger partial charge in [-0.2, -0.15) is 5.10 Å². The van der Waals surface area contributed by atoms with Crippen molar-refractivity contribution in [3.8, 4) is 0 Å². The molecule has 1 atom stereocenters. The Balaban J connectivity index is 1.48. The molecule has 1 aliphatic rings. The molecule has 0 saturated carbocycles. The van der Waals surface area contributed by atoms with Gasteiger partial charge in [0.1, 0.15) is 0 Å². The summed E-state index contributed by atoms with van der Waals surface area (Å²) in [5.41, 5.74) is 2.69. The van der Waals surface area contributed by atoms with Gasteiger partial charge in [-0.3, -0.25) is 14.3 Å². The number of hydrogen-bond donors (Lipinski definition) is 1. The molecule has 2 aromatic rings. The highest BCUT2D eigenvalue weighted by atomic mass is 16.5. The average molecular weight is 359 g/mol. The first-order valence-electron chi connectivity index (χ1n) is 8.93. The van der Waals surface area contributed by atoms with Crippen LogP contribution < -0.4 is 5.56 Å². The largest absolute Gasteiger partial charge is 0.375 e. The number of hydrogen-bond acceptors (Lipinski definition) is 5. The van der Waals surface area contributed by atoms with Gasteiger partial charge in [0, 0.05) is 44.5 Å². The summed E-state index contributed by atoms with van der Waals surface area (Å²) in [6, 6.07) is 1.50. The van der Waals surface area contributed by atoms with Gasteiger partial charge in [0.25, 0.3) is 5.56 Å². The third-order valence-electron chi connectivity index (χ3n) is 4.67. The first kappa shape index (κ1) is 18.3. The van der Waals surface area contributed by atoms with Crippen LogP contribution in [0, 0.1) is 6.92 Å². The van der Waals surface area contributed by atoms with Crippen LogP contribution in [0.1, 0.15) is 29.8 Å². The van der Waals surface area contributed by atoms with Crippen molar-refractivity contribution in [1.29, 1.82) is 0 Å². The summed E-state index contributed by atoms with van der Waals surface area (Å²) in [4.78, 5) is 32.4. The number of rotatable bonds is 6. The molecule has 2 aromatic heterocycles. The highest BCUT2D eigenvalue weighted by molar-refractivity contribution is 5.76. The minimum atomic E-state index is -0.151. The number of carbonyl (C=O) groups is 1. The Kier molecular flexibility index (Phi) is 5.82. The van der Waals surface area contributed by atoms with Gasteiger partial charge < -0.3 is 14.6 Å². The van der Waals surface area contributed by atoms with Gasteiger partial charge in [0.2, 0.25) is 5.91 Å². The van der Waals surface area contributed by atoms with Crippen LogP contribution >= 0.6 is 0 Å². The summed E-state index contributed by atoms with van der Waals surface area (Å²) in [7, 11) is 1.89. The van der Waals surface area contributed by atoms with Crippen molar-refractivity contribution in [2.75, 3.05) is 19.7 Å². The SMILES string of the molecule is Cc1nn(C)cc1CCC(=O)N1CCOC(CCc2cc(=O)[nH]cn2)C1. The van der Waals surface area contributed by atoms with Crippen LogP contribution in [0.25, 0.3) is 0 Å². The van der Waals surface area contributed by atoms with Crippen LogP contribution in [0.3, 0.4) is 0 Å². The molecular formula is C18H25N5O3. The third kappa shape index (κ3) is 4.78. The standard InChI is InChI=1S/C18H25N5O3/c1-13-14(10-22(2)21-13)3-6-18(25)23-7-8-26-16(11-23)5-4-15-9-17(24)20-12-19-15/h9-10,12,16H,3-8,11H2,1-2H3,(H,19,20,24). The van der Waals surface area contributed by atoms with Gasteiger partial charge in [-0.25, -0.2) is 4.98 Å². The Labute approximate surface area is 152 Å². The normalized spacial score (nSPS) is 17.5. The molecule has 0 bridgehead atoms. The summed E-state index contributed by atoms with van der Waals surface area (Å²) in [6.07, 6.45) is 5.95. The lowest BCUT2D eigenvalue weighted by molar-refractivity contribution is -0.138. The predicted molar refractivity (Wildman–Crippen MR) is 95.8 cm³/mol. The second kappa shape index (κ2) is 8.27. The van der Waals surface area contributed by atoms with E-state index in [0.717, 1.165) is 23.4 Å². The highest BCUT2D eigenvalue weighted by Gasteiger charge is 2.24. The van der Waals surface area contributed by atoms with Gasteiger partial charge in [-0.15, -0.1) is 0 Å². The molecule has 1 N–H and O–H groups in total. The summed E-state index contributed by atoms with van der Waals surface area (Å²) >= 11 is 0. The zero-order valence-corrected chi connectivity index (χ0v) is 15.3. The van der Waals surface area contributed by atoms with Crippen LogP contribution in [-0.2, 0) is 29.4 Å². The molecule has 8 nitrogen and oxygen atoms in total. The number of nitrogens with zero attached hydrogens (tertiary/aromatic N) is 4. The van der Waals surface area contributed by atoms with Crippen molar-refractivity contribution >= 4 is 5.91 Å². The molecule has 0 aromatic carbocycles. The van der Waals surface area contributed by atoms with Gasteiger partial charge in [-0.05, 0) is 31.7 Å². The fourth-order valence-electron chi connectivity index (χ4n) is 3.27. The smallest absolute Gasteiger partial charge is 0.250 e. The minimum Gasteiger partial charge on any atom is -0.375 e. The zero-order valence-electron chi connectivity index (χ0n) is 15.3. The number of carbonyl (C=O) groups excluding carboxylic acids is 1. The fraction of sp³-hybridized carbons (Fsp3) is 0.556. The topological polar surface area (TPSA) is 93.1 Å². The van der Waals surface area contributed by atoms with Crippen molar-refractivity contribution in [1.82, 2.24) is 24.6 Å². The lowest BCUT2D eigenvalue weighted by atomic mass is 10.1. The van der Waals surface area contributed by atoms with Crippen molar-refractivity contribution in [3.63, 3.8) is 0 Å². The number of ether oxygens (including phenoxy) is 1. The third-order valence-corrected chi connectivity index (χ3v) is 4.67. The number of nitrogens with one attached hydrogen (secondary N) is 1. The summed E-state index contributed by atoms with van der Waals surface area (Å²) < 4.78 is 7.55. The van der Waals surface area contributed by atoms with Crippen LogP contribution in [0.2, 0.25) is 0 Å². The number of aryl methyl sites for hydroxylation is 4. The van der Waals surface area contributed by atoms with Gasteiger partial charge in [0.15, 0.2) is 0 Å². The molecule has 1 amide bonds. The number of aromatic nitrogens is 4. The molecule has 3 rings (SSSR count). The molecule has 1 fully saturated rings. The highest BCUT2D eigenvalue weighted by Crippen LogP contribution is 2.14. The molecule has 1 unspecified atom stereocenters. The first-order valence-corrected chi connectivity index (χ1v) is 8.93. The second-order valence-electron chi connectivity index (χ2n) is 6.69. The Morgan fingerprint density at radius 2 is 2.27 bits per heavy atom. The Hall–Kier alpha value is -2.48. The molecule has 1 saturated heterocycles. The van der Waals surface area contributed by atoms with E-state index in [1.165, 1.54) is 12.4 Å². The van der Waals surface area contributed by atoms with Gasteiger partial charge in [0.05, 0.1) is 24.7 Å². The van der Waals surface area contributed by atoms with E-state index in [2.05, 4.69) is 15.1 Å². The quantitative estimate of drug-likeness (QED) is 0.815. The van der Waals surface area contributed by atoms with E-state index in [1.54, 1.807) is 4.68 Å². The van der Waals surface area contributed by atoms with E-state index in [0.29, 0.717) is 39.0 Å². The molecule has 140 valence electrons. The van der Waals surface area contributed by atoms with E-state index in [4.69, 9.17) is 4.74 Å². The van der Waals surface area contributed by atoms with E-state index >= 15 is 0 Å². The van der Waals surface area contributed by atoms with E-state index in [9.17, 15) is 9.59 Å². The molecule has 0 radical (unpaired) electrons. The Morgan fingerprint density at radius 1 is 1.42 bits per heavy atom. The average Bonchev–Trinajstić information content (AvgIpc) is 2.95. The van der Waals surface area contributed by atoms with Crippen LogP contribution in [0.5, 0.6) is 0 Å². The van der Waals surface area contributed by atoms with Crippen molar-refractivity contribution in [3.05, 3.63) is 45.9 Å². The van der Waals surface area contributed by atoms with Crippen LogP contribution in [0.4, 0.5) is 0 Å². The molecule has 0 spiro atoms. The lowest BCUT2D eigenvalue weighted by Gasteiger charge is -2.33. The number of H-pyrrole nitrogens is 1. The molecule has 26 heavy (non-hydrogen) atoms. The van der Waals surface area contributed by atoms with Gasteiger partial charge >= 0.3 is 0 Å². The monoisotopic (exact) mass is 359 g/mol. The zero-order chi connectivity index (χ0) is 18.5. The molecule has 1 aliphatic heterocycles. The molecule has 3 heterocycles. The van der Waals surface area contributed by atoms with Crippen molar-refractivity contribution in [2.45, 2.75) is 38.7 Å². The summed E-state index contributed by atoms with van der Waals surface area (Å²) in [5, 5.41) is 4.31. The predicted octanol–water partition coefficient (Wildman–Crippen LogP) is 0.605. The van der Waals surface area contributed by atoms with E-state index in [-0.39, 0.29) is 17.6 Å². The molecular weight excluding hydrogens is 334 g/mol. The van der Waals surface area contributed by atoms with Crippen molar-refractivity contribution in [2.24, 2.45) is 7.05 Å².